The van der Waals surface area contributed by atoms with Crippen molar-refractivity contribution in [2.75, 3.05) is 0 Å². The molecule has 0 aliphatic heterocycles. The maximum absolute atomic E-state index is 2.30. The van der Waals surface area contributed by atoms with Crippen LogP contribution in [0.15, 0.2) is 0 Å². The summed E-state index contributed by atoms with van der Waals surface area (Å²) in [6.45, 7) is 4.61. The fourth-order valence-electron chi connectivity index (χ4n) is 3.34. The molecule has 0 spiro atoms. The molecule has 0 N–H and O–H groups in total. The van der Waals surface area contributed by atoms with Gasteiger partial charge in [0.25, 0.3) is 0 Å². The van der Waals surface area contributed by atoms with Crippen molar-refractivity contribution in [3.63, 3.8) is 0 Å². The van der Waals surface area contributed by atoms with E-state index >= 15 is 0 Å². The van der Waals surface area contributed by atoms with E-state index in [1.807, 2.05) is 0 Å². The number of hydrogen-bond donors (Lipinski definition) is 0. The van der Waals surface area contributed by atoms with Gasteiger partial charge >= 0.3 is 155 Å². The molecule has 0 aromatic heterocycles. The smallest absolute Gasteiger partial charge is 1.00 e. The maximum Gasteiger partial charge on any atom is -1.00 e. The van der Waals surface area contributed by atoms with Gasteiger partial charge in [0.2, 0.25) is 0 Å². The largest absolute Gasteiger partial charge is 1.00 e. The number of hydrogen-bond acceptors (Lipinski definition) is 0. The van der Waals surface area contributed by atoms with E-state index in [0.29, 0.717) is 0 Å². The summed E-state index contributed by atoms with van der Waals surface area (Å²) >= 11 is 0.783. The Balaban J connectivity index is 0. The van der Waals surface area contributed by atoms with Crippen LogP contribution in [0.5, 0.6) is 0 Å². The summed E-state index contributed by atoms with van der Waals surface area (Å²) in [7, 11) is 0. The summed E-state index contributed by atoms with van der Waals surface area (Å²) in [6.07, 6.45) is 26.6. The third-order valence-electron chi connectivity index (χ3n) is 5.02. The van der Waals surface area contributed by atoms with Crippen LogP contribution in [0.25, 0.3) is 0 Å². The molecule has 138 valence electrons. The molecule has 0 aliphatic carbocycles. The Morgan fingerprint density at radius 2 is 0.652 bits per heavy atom. The molecular weight excluding hydrogens is 291 g/mol. The van der Waals surface area contributed by atoms with Crippen LogP contribution in [-0.4, -0.2) is 15.2 Å². The SMILES string of the molecule is CCCCCCCCCC[CH2][Al+][CH2]CCCCCCCCCC.[H-]. The Morgan fingerprint density at radius 3 is 0.957 bits per heavy atom. The minimum Gasteiger partial charge on any atom is -1.00 e. The summed E-state index contributed by atoms with van der Waals surface area (Å²) in [5, 5.41) is 3.15. The van der Waals surface area contributed by atoms with Crippen molar-refractivity contribution in [2.24, 2.45) is 0 Å². The first-order valence-electron chi connectivity index (χ1n) is 11.2. The average Bonchev–Trinajstić information content (AvgIpc) is 2.57. The first kappa shape index (κ1) is 23.5. The van der Waals surface area contributed by atoms with Crippen molar-refractivity contribution in [3.8, 4) is 0 Å². The van der Waals surface area contributed by atoms with Crippen LogP contribution in [-0.2, 0) is 0 Å². The molecule has 0 saturated carbocycles. The molecule has 0 aromatic carbocycles. The van der Waals surface area contributed by atoms with E-state index in [1.54, 1.807) is 10.6 Å². The summed E-state index contributed by atoms with van der Waals surface area (Å²) in [6, 6.07) is 0. The second-order valence-electron chi connectivity index (χ2n) is 7.52. The van der Waals surface area contributed by atoms with Gasteiger partial charge in [0.15, 0.2) is 0 Å². The van der Waals surface area contributed by atoms with E-state index < -0.39 is 0 Å². The molecule has 0 saturated heterocycles. The Hall–Kier alpha value is 0.532. The minimum atomic E-state index is 0. The maximum atomic E-state index is 2.30. The average molecular weight is 339 g/mol. The Bertz CT molecular complexity index is 176. The first-order chi connectivity index (χ1) is 11.4. The van der Waals surface area contributed by atoms with Crippen molar-refractivity contribution >= 4 is 15.2 Å². The van der Waals surface area contributed by atoms with Crippen molar-refractivity contribution in [1.29, 1.82) is 0 Å². The van der Waals surface area contributed by atoms with Gasteiger partial charge in [-0.15, -0.1) is 0 Å². The van der Waals surface area contributed by atoms with Crippen molar-refractivity contribution < 1.29 is 1.43 Å². The van der Waals surface area contributed by atoms with E-state index in [1.165, 1.54) is 116 Å². The van der Waals surface area contributed by atoms with Crippen LogP contribution in [0.2, 0.25) is 10.6 Å². The summed E-state index contributed by atoms with van der Waals surface area (Å²) < 4.78 is 0. The van der Waals surface area contributed by atoms with Crippen LogP contribution in [0.1, 0.15) is 131 Å². The van der Waals surface area contributed by atoms with Gasteiger partial charge in [0.05, 0.1) is 0 Å². The second-order valence-corrected chi connectivity index (χ2v) is 9.25. The zero-order valence-corrected chi connectivity index (χ0v) is 17.9. The first-order valence-corrected chi connectivity index (χ1v) is 12.9. The Labute approximate surface area is 156 Å². The number of unbranched alkanes of at least 4 members (excludes halogenated alkanes) is 16. The zero-order chi connectivity index (χ0) is 16.8. The second kappa shape index (κ2) is 22.5. The predicted octanol–water partition coefficient (Wildman–Crippen LogP) is 8.70. The molecule has 0 fully saturated rings. The van der Waals surface area contributed by atoms with Crippen LogP contribution in [0.4, 0.5) is 0 Å². The number of rotatable bonds is 20. The normalized spacial score (nSPS) is 10.9. The van der Waals surface area contributed by atoms with Crippen LogP contribution < -0.4 is 0 Å². The van der Waals surface area contributed by atoms with E-state index in [2.05, 4.69) is 13.8 Å². The van der Waals surface area contributed by atoms with Crippen molar-refractivity contribution in [3.05, 3.63) is 0 Å². The van der Waals surface area contributed by atoms with E-state index in [4.69, 9.17) is 0 Å². The molecule has 1 heteroatoms. The molecule has 0 unspecified atom stereocenters. The third kappa shape index (κ3) is 22.5. The molecule has 0 radical (unpaired) electrons. The van der Waals surface area contributed by atoms with Crippen molar-refractivity contribution in [2.45, 2.75) is 140 Å². The molecule has 0 aromatic rings. The molecule has 0 aliphatic rings. The molecular formula is C22H47Al. The van der Waals surface area contributed by atoms with Gasteiger partial charge in [-0.3, -0.25) is 0 Å². The van der Waals surface area contributed by atoms with Gasteiger partial charge < -0.3 is 1.43 Å². The van der Waals surface area contributed by atoms with Crippen LogP contribution in [0, 0.1) is 0 Å². The Morgan fingerprint density at radius 1 is 0.391 bits per heavy atom. The van der Waals surface area contributed by atoms with Crippen LogP contribution in [0.3, 0.4) is 0 Å². The van der Waals surface area contributed by atoms with Gasteiger partial charge in [-0.25, -0.2) is 0 Å². The summed E-state index contributed by atoms with van der Waals surface area (Å²) in [5.41, 5.74) is 0. The molecule has 0 amide bonds. The summed E-state index contributed by atoms with van der Waals surface area (Å²) in [5.74, 6) is 0. The van der Waals surface area contributed by atoms with E-state index in [9.17, 15) is 0 Å². The topological polar surface area (TPSA) is 0 Å². The predicted molar refractivity (Wildman–Crippen MR) is 111 cm³/mol. The molecule has 0 nitrogen and oxygen atoms in total. The molecule has 23 heavy (non-hydrogen) atoms. The minimum absolute atomic E-state index is 0. The summed E-state index contributed by atoms with van der Waals surface area (Å²) in [4.78, 5) is 0. The van der Waals surface area contributed by atoms with E-state index in [-0.39, 0.29) is 1.43 Å². The molecule has 0 atom stereocenters. The van der Waals surface area contributed by atoms with Gasteiger partial charge in [-0.05, 0) is 0 Å². The van der Waals surface area contributed by atoms with Gasteiger partial charge in [-0.2, -0.15) is 0 Å². The van der Waals surface area contributed by atoms with Gasteiger partial charge in [-0.1, -0.05) is 0 Å². The third-order valence-corrected chi connectivity index (χ3v) is 6.66. The quantitative estimate of drug-likeness (QED) is 0.154. The van der Waals surface area contributed by atoms with E-state index in [0.717, 1.165) is 15.2 Å². The fourth-order valence-corrected chi connectivity index (χ4v) is 4.79. The fraction of sp³-hybridized carbons (Fsp3) is 1.00. The van der Waals surface area contributed by atoms with Gasteiger partial charge in [0, 0.05) is 0 Å². The zero-order valence-electron chi connectivity index (χ0n) is 17.7. The Kier molecular flexibility index (Phi) is 23.1. The standard InChI is InChI=1S/2C11H23.Al.H/c2*1-3-5-7-9-11-10-8-6-4-2;;/h2*1,3-11H2,2H3;;/q;;+1;-1. The molecule has 0 rings (SSSR count). The van der Waals surface area contributed by atoms with Gasteiger partial charge in [0.1, 0.15) is 0 Å². The monoisotopic (exact) mass is 338 g/mol. The van der Waals surface area contributed by atoms with Crippen molar-refractivity contribution in [1.82, 2.24) is 0 Å². The van der Waals surface area contributed by atoms with Crippen LogP contribution >= 0.6 is 0 Å². The molecule has 0 bridgehead atoms. The molecule has 0 heterocycles.